The summed E-state index contributed by atoms with van der Waals surface area (Å²) in [5, 5.41) is 9.75. The maximum absolute atomic E-state index is 10.2. The molecule has 14 heavy (non-hydrogen) atoms. The monoisotopic (exact) mass is 194 g/mol. The van der Waals surface area contributed by atoms with Crippen LogP contribution in [-0.4, -0.2) is 29.7 Å². The molecular weight excluding hydrogens is 180 g/mol. The first kappa shape index (κ1) is 10.9. The SMILES string of the molecule is CCOC1(/C=C/C=O)C=CC=CC1O. The summed E-state index contributed by atoms with van der Waals surface area (Å²) in [6.45, 7) is 2.31. The van der Waals surface area contributed by atoms with E-state index in [0.29, 0.717) is 12.9 Å². The summed E-state index contributed by atoms with van der Waals surface area (Å²) >= 11 is 0. The van der Waals surface area contributed by atoms with Gasteiger partial charge in [0.15, 0.2) is 0 Å². The van der Waals surface area contributed by atoms with Crippen molar-refractivity contribution in [2.24, 2.45) is 0 Å². The Morgan fingerprint density at radius 1 is 1.57 bits per heavy atom. The van der Waals surface area contributed by atoms with E-state index in [1.54, 1.807) is 30.4 Å². The van der Waals surface area contributed by atoms with Crippen LogP contribution in [-0.2, 0) is 9.53 Å². The van der Waals surface area contributed by atoms with E-state index in [4.69, 9.17) is 4.74 Å². The van der Waals surface area contributed by atoms with Crippen molar-refractivity contribution in [3.63, 3.8) is 0 Å². The summed E-state index contributed by atoms with van der Waals surface area (Å²) in [7, 11) is 0. The summed E-state index contributed by atoms with van der Waals surface area (Å²) in [5.41, 5.74) is -0.885. The highest BCUT2D eigenvalue weighted by atomic mass is 16.5. The zero-order valence-corrected chi connectivity index (χ0v) is 8.09. The Hall–Kier alpha value is -1.19. The lowest BCUT2D eigenvalue weighted by Gasteiger charge is -2.32. The van der Waals surface area contributed by atoms with Gasteiger partial charge in [-0.25, -0.2) is 0 Å². The molecule has 0 saturated carbocycles. The fraction of sp³-hybridized carbons (Fsp3) is 0.364. The predicted molar refractivity (Wildman–Crippen MR) is 53.8 cm³/mol. The Balaban J connectivity index is 2.90. The molecule has 0 fully saturated rings. The highest BCUT2D eigenvalue weighted by Gasteiger charge is 2.33. The highest BCUT2D eigenvalue weighted by Crippen LogP contribution is 2.24. The molecule has 3 heteroatoms. The van der Waals surface area contributed by atoms with E-state index in [9.17, 15) is 9.90 Å². The number of aldehydes is 1. The maximum atomic E-state index is 10.2. The van der Waals surface area contributed by atoms with Gasteiger partial charge in [-0.05, 0) is 25.2 Å². The van der Waals surface area contributed by atoms with Gasteiger partial charge in [0.1, 0.15) is 18.0 Å². The topological polar surface area (TPSA) is 46.5 Å². The summed E-state index contributed by atoms with van der Waals surface area (Å²) in [6.07, 6.45) is 9.72. The van der Waals surface area contributed by atoms with Crippen LogP contribution >= 0.6 is 0 Å². The fourth-order valence-electron chi connectivity index (χ4n) is 1.40. The molecule has 3 nitrogen and oxygen atoms in total. The van der Waals surface area contributed by atoms with Crippen LogP contribution < -0.4 is 0 Å². The van der Waals surface area contributed by atoms with Crippen molar-refractivity contribution >= 4 is 6.29 Å². The van der Waals surface area contributed by atoms with Crippen molar-refractivity contribution in [1.82, 2.24) is 0 Å². The molecule has 0 amide bonds. The third-order valence-corrected chi connectivity index (χ3v) is 2.05. The summed E-state index contributed by atoms with van der Waals surface area (Å²) in [5.74, 6) is 0. The lowest BCUT2D eigenvalue weighted by Crippen LogP contribution is -2.41. The fourth-order valence-corrected chi connectivity index (χ4v) is 1.40. The number of carbonyl (C=O) groups excluding carboxylic acids is 1. The average Bonchev–Trinajstić information content (AvgIpc) is 2.20. The van der Waals surface area contributed by atoms with Gasteiger partial charge in [0.05, 0.1) is 0 Å². The number of ether oxygens (including phenoxy) is 1. The number of hydrogen-bond acceptors (Lipinski definition) is 3. The average molecular weight is 194 g/mol. The summed E-state index contributed by atoms with van der Waals surface area (Å²) in [4.78, 5) is 10.2. The van der Waals surface area contributed by atoms with E-state index in [2.05, 4.69) is 0 Å². The molecule has 1 aliphatic rings. The third-order valence-electron chi connectivity index (χ3n) is 2.05. The van der Waals surface area contributed by atoms with Crippen molar-refractivity contribution < 1.29 is 14.6 Å². The molecule has 0 bridgehead atoms. The molecule has 0 aromatic heterocycles. The van der Waals surface area contributed by atoms with Gasteiger partial charge >= 0.3 is 0 Å². The van der Waals surface area contributed by atoms with E-state index >= 15 is 0 Å². The van der Waals surface area contributed by atoms with Gasteiger partial charge in [0.2, 0.25) is 0 Å². The Labute approximate surface area is 83.4 Å². The van der Waals surface area contributed by atoms with E-state index < -0.39 is 11.7 Å². The van der Waals surface area contributed by atoms with Crippen LogP contribution in [0.4, 0.5) is 0 Å². The lowest BCUT2D eigenvalue weighted by atomic mass is 9.91. The first-order chi connectivity index (χ1) is 6.75. The van der Waals surface area contributed by atoms with Gasteiger partial charge < -0.3 is 9.84 Å². The van der Waals surface area contributed by atoms with Gasteiger partial charge in [-0.3, -0.25) is 4.79 Å². The molecule has 0 saturated heterocycles. The Bertz CT molecular complexity index is 278. The van der Waals surface area contributed by atoms with Crippen molar-refractivity contribution in [1.29, 1.82) is 0 Å². The molecular formula is C11H14O3. The largest absolute Gasteiger partial charge is 0.385 e. The number of allylic oxidation sites excluding steroid dienone is 3. The molecule has 0 aromatic carbocycles. The molecule has 76 valence electrons. The second-order valence-electron chi connectivity index (χ2n) is 2.97. The molecule has 0 heterocycles. The minimum atomic E-state index is -0.885. The van der Waals surface area contributed by atoms with Crippen molar-refractivity contribution in [2.45, 2.75) is 18.6 Å². The first-order valence-electron chi connectivity index (χ1n) is 4.56. The van der Waals surface area contributed by atoms with Crippen LogP contribution in [0.5, 0.6) is 0 Å². The van der Waals surface area contributed by atoms with E-state index in [0.717, 1.165) is 0 Å². The van der Waals surface area contributed by atoms with E-state index in [1.807, 2.05) is 6.92 Å². The van der Waals surface area contributed by atoms with Gasteiger partial charge in [0.25, 0.3) is 0 Å². The Kier molecular flexibility index (Phi) is 3.80. The van der Waals surface area contributed by atoms with Crippen LogP contribution in [0.25, 0.3) is 0 Å². The quantitative estimate of drug-likeness (QED) is 0.536. The minimum Gasteiger partial charge on any atom is -0.385 e. The summed E-state index contributed by atoms with van der Waals surface area (Å²) in [6, 6.07) is 0. The van der Waals surface area contributed by atoms with E-state index in [1.165, 1.54) is 6.08 Å². The first-order valence-corrected chi connectivity index (χ1v) is 4.56. The maximum Gasteiger partial charge on any atom is 0.142 e. The standard InChI is InChI=1S/C11H14O3/c1-2-14-11(8-5-9-12)7-4-3-6-10(11)13/h3-10,13H,2H2,1H3/b8-5+. The molecule has 0 aliphatic heterocycles. The molecule has 1 N–H and O–H groups in total. The zero-order valence-electron chi connectivity index (χ0n) is 8.09. The van der Waals surface area contributed by atoms with Crippen LogP contribution in [0.2, 0.25) is 0 Å². The molecule has 1 rings (SSSR count). The Morgan fingerprint density at radius 2 is 2.36 bits per heavy atom. The van der Waals surface area contributed by atoms with E-state index in [-0.39, 0.29) is 0 Å². The number of aliphatic hydroxyl groups is 1. The second-order valence-corrected chi connectivity index (χ2v) is 2.97. The van der Waals surface area contributed by atoms with Crippen LogP contribution in [0, 0.1) is 0 Å². The van der Waals surface area contributed by atoms with Crippen molar-refractivity contribution in [3.8, 4) is 0 Å². The molecule has 0 spiro atoms. The highest BCUT2D eigenvalue weighted by molar-refractivity contribution is 5.65. The Morgan fingerprint density at radius 3 is 2.93 bits per heavy atom. The van der Waals surface area contributed by atoms with Gasteiger partial charge in [-0.15, -0.1) is 0 Å². The number of rotatable bonds is 4. The van der Waals surface area contributed by atoms with Crippen LogP contribution in [0.3, 0.4) is 0 Å². The van der Waals surface area contributed by atoms with Gasteiger partial charge in [-0.2, -0.15) is 0 Å². The lowest BCUT2D eigenvalue weighted by molar-refractivity contribution is -0.104. The second kappa shape index (κ2) is 4.88. The van der Waals surface area contributed by atoms with Gasteiger partial charge in [0, 0.05) is 6.61 Å². The molecule has 2 atom stereocenters. The van der Waals surface area contributed by atoms with Crippen molar-refractivity contribution in [3.05, 3.63) is 36.5 Å². The van der Waals surface area contributed by atoms with Crippen molar-refractivity contribution in [2.75, 3.05) is 6.61 Å². The predicted octanol–water partition coefficient (Wildman–Crippen LogP) is 1.00. The van der Waals surface area contributed by atoms with Gasteiger partial charge in [-0.1, -0.05) is 18.2 Å². The summed E-state index contributed by atoms with van der Waals surface area (Å²) < 4.78 is 5.45. The normalized spacial score (nSPS) is 31.1. The third kappa shape index (κ3) is 2.19. The van der Waals surface area contributed by atoms with Crippen LogP contribution in [0.1, 0.15) is 6.92 Å². The number of aliphatic hydroxyl groups excluding tert-OH is 1. The number of hydrogen-bond donors (Lipinski definition) is 1. The zero-order chi connectivity index (χ0) is 10.4. The molecule has 0 aromatic rings. The molecule has 1 aliphatic carbocycles. The number of carbonyl (C=O) groups is 1. The molecule has 0 radical (unpaired) electrons. The smallest absolute Gasteiger partial charge is 0.142 e. The van der Waals surface area contributed by atoms with Crippen LogP contribution in [0.15, 0.2) is 36.5 Å². The minimum absolute atomic E-state index is 0.471. The molecule has 2 unspecified atom stereocenters.